The minimum Gasteiger partial charge on any atom is -0.493 e. The first-order chi connectivity index (χ1) is 15.1. The predicted octanol–water partition coefficient (Wildman–Crippen LogP) is 5.18. The van der Waals surface area contributed by atoms with Crippen LogP contribution in [-0.4, -0.2) is 34.9 Å². The van der Waals surface area contributed by atoms with Crippen molar-refractivity contribution in [2.75, 3.05) is 24.3 Å². The first-order valence-electron chi connectivity index (χ1n) is 10.2. The van der Waals surface area contributed by atoms with Crippen LogP contribution >= 0.6 is 11.8 Å². The lowest BCUT2D eigenvalue weighted by Gasteiger charge is -2.18. The molecule has 4 aromatic rings. The number of hydrogen-bond acceptors (Lipinski definition) is 4. The number of para-hydroxylation sites is 3. The fourth-order valence-electron chi connectivity index (χ4n) is 3.28. The molecule has 5 nitrogen and oxygen atoms in total. The molecule has 158 valence electrons. The maximum atomic E-state index is 13.0. The van der Waals surface area contributed by atoms with Gasteiger partial charge in [0.1, 0.15) is 12.3 Å². The summed E-state index contributed by atoms with van der Waals surface area (Å²) in [6, 6.07) is 25.6. The van der Waals surface area contributed by atoms with Crippen LogP contribution in [0.3, 0.4) is 0 Å². The summed E-state index contributed by atoms with van der Waals surface area (Å²) in [5.74, 6) is 1.60. The smallest absolute Gasteiger partial charge is 0.246 e. The van der Waals surface area contributed by atoms with E-state index in [-0.39, 0.29) is 12.5 Å². The van der Waals surface area contributed by atoms with Crippen LogP contribution in [0.15, 0.2) is 84.0 Å². The zero-order chi connectivity index (χ0) is 21.6. The maximum Gasteiger partial charge on any atom is 0.246 e. The van der Waals surface area contributed by atoms with Crippen LogP contribution in [0.25, 0.3) is 11.0 Å². The number of rotatable bonds is 8. The zero-order valence-corrected chi connectivity index (χ0v) is 18.5. The lowest BCUT2D eigenvalue weighted by molar-refractivity contribution is -0.118. The van der Waals surface area contributed by atoms with E-state index in [9.17, 15) is 4.79 Å². The van der Waals surface area contributed by atoms with Gasteiger partial charge in [-0.3, -0.25) is 4.79 Å². The lowest BCUT2D eigenvalue weighted by atomic mass is 10.2. The van der Waals surface area contributed by atoms with Gasteiger partial charge in [-0.05, 0) is 43.3 Å². The van der Waals surface area contributed by atoms with Crippen LogP contribution in [0.4, 0.5) is 5.69 Å². The fraction of sp³-hybridized carbons (Fsp3) is 0.200. The largest absolute Gasteiger partial charge is 0.493 e. The molecule has 0 saturated carbocycles. The average molecular weight is 432 g/mol. The highest BCUT2D eigenvalue weighted by molar-refractivity contribution is 7.99. The second kappa shape index (κ2) is 9.71. The van der Waals surface area contributed by atoms with Crippen LogP contribution in [0.2, 0.25) is 0 Å². The fourth-order valence-corrected chi connectivity index (χ4v) is 4.11. The molecule has 1 aromatic heterocycles. The summed E-state index contributed by atoms with van der Waals surface area (Å²) < 4.78 is 7.83. The van der Waals surface area contributed by atoms with Gasteiger partial charge in [-0.25, -0.2) is 4.98 Å². The number of anilines is 1. The molecule has 0 aliphatic heterocycles. The zero-order valence-electron chi connectivity index (χ0n) is 17.7. The number of carbonyl (C=O) groups excluding carboxylic acids is 1. The standard InChI is InChI=1S/C25H25N3O2S/c1-19-12-14-21(15-13-19)30-16-17-31-25-26-22-10-6-7-11-23(22)28(25)18-24(29)27(2)20-8-4-3-5-9-20/h3-15H,16-18H2,1-2H3. The summed E-state index contributed by atoms with van der Waals surface area (Å²) in [6.07, 6.45) is 0. The van der Waals surface area contributed by atoms with E-state index in [0.29, 0.717) is 6.61 Å². The molecule has 0 radical (unpaired) electrons. The molecule has 6 heteroatoms. The van der Waals surface area contributed by atoms with Crippen LogP contribution < -0.4 is 9.64 Å². The number of nitrogens with zero attached hydrogens (tertiary/aromatic N) is 3. The molecule has 0 aliphatic rings. The minimum absolute atomic E-state index is 0.00658. The highest BCUT2D eigenvalue weighted by Gasteiger charge is 2.17. The summed E-state index contributed by atoms with van der Waals surface area (Å²) in [4.78, 5) is 19.4. The molecular weight excluding hydrogens is 406 g/mol. The predicted molar refractivity (Wildman–Crippen MR) is 127 cm³/mol. The van der Waals surface area contributed by atoms with E-state index in [4.69, 9.17) is 9.72 Å². The molecule has 0 N–H and O–H groups in total. The van der Waals surface area contributed by atoms with E-state index in [1.165, 1.54) is 5.56 Å². The van der Waals surface area contributed by atoms with Gasteiger partial charge in [0.25, 0.3) is 0 Å². The topological polar surface area (TPSA) is 47.4 Å². The van der Waals surface area contributed by atoms with Gasteiger partial charge in [-0.2, -0.15) is 0 Å². The van der Waals surface area contributed by atoms with Gasteiger partial charge in [0, 0.05) is 18.5 Å². The molecule has 0 fully saturated rings. The van der Waals surface area contributed by atoms with Crippen LogP contribution in [0.5, 0.6) is 5.75 Å². The van der Waals surface area contributed by atoms with Crippen molar-refractivity contribution in [3.05, 3.63) is 84.4 Å². The molecule has 1 amide bonds. The Balaban J connectivity index is 1.46. The van der Waals surface area contributed by atoms with Gasteiger partial charge in [-0.1, -0.05) is 59.8 Å². The number of aromatic nitrogens is 2. The van der Waals surface area contributed by atoms with Gasteiger partial charge in [0.05, 0.1) is 17.6 Å². The number of hydrogen-bond donors (Lipinski definition) is 0. The number of likely N-dealkylation sites (N-methyl/N-ethyl adjacent to an activating group) is 1. The van der Waals surface area contributed by atoms with E-state index in [0.717, 1.165) is 33.4 Å². The van der Waals surface area contributed by atoms with Gasteiger partial charge in [-0.15, -0.1) is 0 Å². The summed E-state index contributed by atoms with van der Waals surface area (Å²) >= 11 is 1.60. The van der Waals surface area contributed by atoms with E-state index in [2.05, 4.69) is 6.92 Å². The van der Waals surface area contributed by atoms with Gasteiger partial charge >= 0.3 is 0 Å². The Labute approximate surface area is 186 Å². The molecule has 0 bridgehead atoms. The second-order valence-electron chi connectivity index (χ2n) is 7.27. The van der Waals surface area contributed by atoms with Gasteiger partial charge in [0.2, 0.25) is 5.91 Å². The Bertz CT molecular complexity index is 1160. The molecule has 3 aromatic carbocycles. The minimum atomic E-state index is 0.00658. The quantitative estimate of drug-likeness (QED) is 0.285. The number of amides is 1. The number of benzene rings is 3. The highest BCUT2D eigenvalue weighted by Crippen LogP contribution is 2.25. The molecule has 0 aliphatic carbocycles. The number of carbonyl (C=O) groups is 1. The van der Waals surface area contributed by atoms with Crippen LogP contribution in [0.1, 0.15) is 5.56 Å². The monoisotopic (exact) mass is 431 g/mol. The summed E-state index contributed by atoms with van der Waals surface area (Å²) in [6.45, 7) is 2.85. The van der Waals surface area contributed by atoms with Crippen molar-refractivity contribution >= 4 is 34.4 Å². The van der Waals surface area contributed by atoms with E-state index >= 15 is 0 Å². The number of fused-ring (bicyclic) bond motifs is 1. The van der Waals surface area contributed by atoms with Crippen molar-refractivity contribution in [1.82, 2.24) is 9.55 Å². The van der Waals surface area contributed by atoms with Gasteiger partial charge in [0.15, 0.2) is 5.16 Å². The number of aryl methyl sites for hydroxylation is 1. The van der Waals surface area contributed by atoms with Crippen LogP contribution in [-0.2, 0) is 11.3 Å². The first kappa shape index (κ1) is 21.0. The van der Waals surface area contributed by atoms with E-state index in [1.54, 1.807) is 23.7 Å². The Kier molecular flexibility index (Phi) is 6.57. The number of thioether (sulfide) groups is 1. The average Bonchev–Trinajstić information content (AvgIpc) is 3.15. The van der Waals surface area contributed by atoms with E-state index in [1.807, 2.05) is 83.4 Å². The van der Waals surface area contributed by atoms with E-state index < -0.39 is 0 Å². The highest BCUT2D eigenvalue weighted by atomic mass is 32.2. The molecular formula is C25H25N3O2S. The Hall–Kier alpha value is -3.25. The third-order valence-electron chi connectivity index (χ3n) is 5.03. The van der Waals surface area contributed by atoms with Crippen LogP contribution in [0, 0.1) is 6.92 Å². The molecule has 31 heavy (non-hydrogen) atoms. The van der Waals surface area contributed by atoms with Crippen molar-refractivity contribution in [3.8, 4) is 5.75 Å². The summed E-state index contributed by atoms with van der Waals surface area (Å²) in [5.41, 5.74) is 3.93. The number of imidazole rings is 1. The van der Waals surface area contributed by atoms with Crippen molar-refractivity contribution in [3.63, 3.8) is 0 Å². The number of ether oxygens (including phenoxy) is 1. The third kappa shape index (κ3) is 5.09. The van der Waals surface area contributed by atoms with Crippen molar-refractivity contribution in [2.24, 2.45) is 0 Å². The summed E-state index contributed by atoms with van der Waals surface area (Å²) in [7, 11) is 1.80. The molecule has 1 heterocycles. The Morgan fingerprint density at radius 2 is 1.71 bits per heavy atom. The SMILES string of the molecule is Cc1ccc(OCCSc2nc3ccccc3n2CC(=O)N(C)c2ccccc2)cc1. The maximum absolute atomic E-state index is 13.0. The van der Waals surface area contributed by atoms with Crippen molar-refractivity contribution in [2.45, 2.75) is 18.6 Å². The lowest BCUT2D eigenvalue weighted by Crippen LogP contribution is -2.30. The van der Waals surface area contributed by atoms with Crippen molar-refractivity contribution in [1.29, 1.82) is 0 Å². The normalized spacial score (nSPS) is 10.9. The third-order valence-corrected chi connectivity index (χ3v) is 5.98. The Morgan fingerprint density at radius 3 is 2.48 bits per heavy atom. The van der Waals surface area contributed by atoms with Crippen molar-refractivity contribution < 1.29 is 9.53 Å². The summed E-state index contributed by atoms with van der Waals surface area (Å²) in [5, 5.41) is 0.823. The Morgan fingerprint density at radius 1 is 1.00 bits per heavy atom. The molecule has 4 rings (SSSR count). The van der Waals surface area contributed by atoms with Gasteiger partial charge < -0.3 is 14.2 Å². The first-order valence-corrected chi connectivity index (χ1v) is 11.2. The molecule has 0 unspecified atom stereocenters. The molecule has 0 saturated heterocycles. The second-order valence-corrected chi connectivity index (χ2v) is 8.33. The molecule has 0 atom stereocenters. The molecule has 0 spiro atoms.